The van der Waals surface area contributed by atoms with Crippen LogP contribution in [-0.2, 0) is 14.3 Å². The van der Waals surface area contributed by atoms with Crippen molar-refractivity contribution in [1.82, 2.24) is 10.6 Å². The molecular weight excluding hydrogens is 432 g/mol. The third-order valence-corrected chi connectivity index (χ3v) is 7.58. The molecule has 0 aromatic heterocycles. The predicted octanol–water partition coefficient (Wildman–Crippen LogP) is 4.06. The Bertz CT molecular complexity index is 1060. The molecule has 2 atom stereocenters. The third kappa shape index (κ3) is 4.52. The first-order chi connectivity index (χ1) is 16.5. The second-order valence-corrected chi connectivity index (χ2v) is 9.84. The van der Waals surface area contributed by atoms with Crippen LogP contribution < -0.4 is 10.6 Å². The Morgan fingerprint density at radius 1 is 0.971 bits per heavy atom. The molecule has 0 bridgehead atoms. The Kier molecular flexibility index (Phi) is 6.02. The van der Waals surface area contributed by atoms with Crippen LogP contribution in [0.4, 0.5) is 4.79 Å². The van der Waals surface area contributed by atoms with Crippen molar-refractivity contribution in [3.8, 4) is 11.1 Å². The highest BCUT2D eigenvalue weighted by atomic mass is 16.5. The summed E-state index contributed by atoms with van der Waals surface area (Å²) in [5, 5.41) is 14.9. The van der Waals surface area contributed by atoms with E-state index in [1.54, 1.807) is 0 Å². The van der Waals surface area contributed by atoms with E-state index < -0.39 is 17.6 Å². The maximum absolute atomic E-state index is 12.8. The van der Waals surface area contributed by atoms with Gasteiger partial charge in [0, 0.05) is 18.4 Å². The Labute approximate surface area is 198 Å². The monoisotopic (exact) mass is 462 g/mol. The molecule has 2 saturated carbocycles. The number of carboxylic acid groups (broad SMARTS) is 1. The molecule has 7 heteroatoms. The number of hydrogen-bond donors (Lipinski definition) is 3. The quantitative estimate of drug-likeness (QED) is 0.549. The van der Waals surface area contributed by atoms with Gasteiger partial charge in [0.25, 0.3) is 0 Å². The number of nitrogens with one attached hydrogen (secondary N) is 2. The maximum Gasteiger partial charge on any atom is 0.407 e. The Balaban J connectivity index is 1.14. The SMILES string of the molecule is O=C(O)CC1(NC(=O)[C@@H]2CCC[C@@H]2CNC(=O)OCC2c3ccccc3-c3ccccc32)CC1. The van der Waals surface area contributed by atoms with E-state index in [4.69, 9.17) is 9.84 Å². The standard InChI is InChI=1S/C27H30N2O5/c30-24(31)14-27(12-13-27)29-25(32)18-11-5-6-17(18)15-28-26(33)34-16-23-21-9-3-1-7-19(21)20-8-2-4-10-22(20)23/h1-4,7-10,17-18,23H,5-6,11-16H2,(H,28,33)(H,29,32)(H,30,31)/t17-,18-/m1/s1. The molecule has 2 aromatic rings. The van der Waals surface area contributed by atoms with Gasteiger partial charge in [0.15, 0.2) is 0 Å². The van der Waals surface area contributed by atoms with Gasteiger partial charge in [0.05, 0.1) is 12.0 Å². The van der Waals surface area contributed by atoms with Crippen molar-refractivity contribution in [2.24, 2.45) is 11.8 Å². The van der Waals surface area contributed by atoms with Crippen molar-refractivity contribution >= 4 is 18.0 Å². The lowest BCUT2D eigenvalue weighted by Crippen LogP contribution is -2.44. The Morgan fingerprint density at radius 2 is 1.62 bits per heavy atom. The number of rotatable bonds is 8. The number of carbonyl (C=O) groups is 3. The zero-order valence-corrected chi connectivity index (χ0v) is 19.1. The Hall–Kier alpha value is -3.35. The van der Waals surface area contributed by atoms with Gasteiger partial charge in [0.1, 0.15) is 6.61 Å². The molecule has 2 fully saturated rings. The lowest BCUT2D eigenvalue weighted by molar-refractivity contribution is -0.138. The molecular formula is C27H30N2O5. The lowest BCUT2D eigenvalue weighted by Gasteiger charge is -2.23. The number of benzene rings is 2. The molecule has 7 nitrogen and oxygen atoms in total. The predicted molar refractivity (Wildman–Crippen MR) is 126 cm³/mol. The van der Waals surface area contributed by atoms with E-state index in [1.165, 1.54) is 22.3 Å². The van der Waals surface area contributed by atoms with E-state index in [0.717, 1.165) is 19.3 Å². The summed E-state index contributed by atoms with van der Waals surface area (Å²) in [6, 6.07) is 16.4. The minimum absolute atomic E-state index is 0.00660. The molecule has 34 heavy (non-hydrogen) atoms. The maximum atomic E-state index is 12.8. The number of aliphatic carboxylic acids is 1. The fourth-order valence-corrected chi connectivity index (χ4v) is 5.63. The van der Waals surface area contributed by atoms with Crippen LogP contribution >= 0.6 is 0 Å². The zero-order chi connectivity index (χ0) is 23.7. The molecule has 0 unspecified atom stereocenters. The van der Waals surface area contributed by atoms with Crippen LogP contribution in [0.5, 0.6) is 0 Å². The van der Waals surface area contributed by atoms with Crippen molar-refractivity contribution in [3.05, 3.63) is 59.7 Å². The highest BCUT2D eigenvalue weighted by Gasteiger charge is 2.47. The van der Waals surface area contributed by atoms with Gasteiger partial charge in [-0.05, 0) is 53.9 Å². The van der Waals surface area contributed by atoms with Crippen molar-refractivity contribution in [2.75, 3.05) is 13.2 Å². The smallest absolute Gasteiger partial charge is 0.407 e. The van der Waals surface area contributed by atoms with Crippen LogP contribution in [0.2, 0.25) is 0 Å². The summed E-state index contributed by atoms with van der Waals surface area (Å²) in [5.74, 6) is -1.15. The van der Waals surface area contributed by atoms with Crippen molar-refractivity contribution in [1.29, 1.82) is 0 Å². The molecule has 178 valence electrons. The number of fused-ring (bicyclic) bond motifs is 3. The minimum atomic E-state index is -0.891. The summed E-state index contributed by atoms with van der Waals surface area (Å²) in [6.45, 7) is 0.632. The molecule has 0 heterocycles. The van der Waals surface area contributed by atoms with Crippen LogP contribution in [0.3, 0.4) is 0 Å². The largest absolute Gasteiger partial charge is 0.481 e. The second kappa shape index (κ2) is 9.12. The molecule has 3 aliphatic carbocycles. The van der Waals surface area contributed by atoms with E-state index in [9.17, 15) is 14.4 Å². The van der Waals surface area contributed by atoms with Crippen molar-refractivity contribution < 1.29 is 24.2 Å². The lowest BCUT2D eigenvalue weighted by atomic mass is 9.94. The topological polar surface area (TPSA) is 105 Å². The fraction of sp³-hybridized carbons (Fsp3) is 0.444. The summed E-state index contributed by atoms with van der Waals surface area (Å²) >= 11 is 0. The number of hydrogen-bond acceptors (Lipinski definition) is 4. The molecule has 0 aliphatic heterocycles. The van der Waals surface area contributed by atoms with Gasteiger partial charge in [-0.2, -0.15) is 0 Å². The van der Waals surface area contributed by atoms with Gasteiger partial charge in [-0.15, -0.1) is 0 Å². The van der Waals surface area contributed by atoms with E-state index >= 15 is 0 Å². The molecule has 5 rings (SSSR count). The zero-order valence-electron chi connectivity index (χ0n) is 19.1. The van der Waals surface area contributed by atoms with Gasteiger partial charge < -0.3 is 20.5 Å². The highest BCUT2D eigenvalue weighted by molar-refractivity contribution is 5.82. The molecule has 3 aliphatic rings. The van der Waals surface area contributed by atoms with Crippen molar-refractivity contribution in [3.63, 3.8) is 0 Å². The summed E-state index contributed by atoms with van der Waals surface area (Å²) in [7, 11) is 0. The van der Waals surface area contributed by atoms with E-state index in [2.05, 4.69) is 34.9 Å². The first-order valence-corrected chi connectivity index (χ1v) is 12.1. The number of amides is 2. The summed E-state index contributed by atoms with van der Waals surface area (Å²) < 4.78 is 5.61. The average molecular weight is 463 g/mol. The van der Waals surface area contributed by atoms with Gasteiger partial charge in [-0.1, -0.05) is 55.0 Å². The van der Waals surface area contributed by atoms with Crippen LogP contribution in [0.15, 0.2) is 48.5 Å². The van der Waals surface area contributed by atoms with Crippen molar-refractivity contribution in [2.45, 2.75) is 50.0 Å². The first-order valence-electron chi connectivity index (χ1n) is 12.1. The molecule has 2 amide bonds. The van der Waals surface area contributed by atoms with Crippen LogP contribution in [0.1, 0.15) is 55.6 Å². The van der Waals surface area contributed by atoms with Crippen LogP contribution in [-0.4, -0.2) is 41.8 Å². The van der Waals surface area contributed by atoms with E-state index in [1.807, 2.05) is 24.3 Å². The molecule has 0 saturated heterocycles. The summed E-state index contributed by atoms with van der Waals surface area (Å²) in [6.07, 6.45) is 3.44. The first kappa shape index (κ1) is 22.4. The highest BCUT2D eigenvalue weighted by Crippen LogP contribution is 2.44. The fourth-order valence-electron chi connectivity index (χ4n) is 5.63. The van der Waals surface area contributed by atoms with Gasteiger partial charge in [0.2, 0.25) is 5.91 Å². The minimum Gasteiger partial charge on any atom is -0.481 e. The molecule has 0 spiro atoms. The van der Waals surface area contributed by atoms with Gasteiger partial charge in [-0.25, -0.2) is 4.79 Å². The summed E-state index contributed by atoms with van der Waals surface area (Å²) in [4.78, 5) is 36.4. The number of ether oxygens (including phenoxy) is 1. The van der Waals surface area contributed by atoms with Crippen LogP contribution in [0.25, 0.3) is 11.1 Å². The van der Waals surface area contributed by atoms with Gasteiger partial charge >= 0.3 is 12.1 Å². The third-order valence-electron chi connectivity index (χ3n) is 7.58. The Morgan fingerprint density at radius 3 is 2.24 bits per heavy atom. The van der Waals surface area contributed by atoms with E-state index in [-0.39, 0.29) is 36.7 Å². The normalized spacial score (nSPS) is 21.9. The van der Waals surface area contributed by atoms with E-state index in [0.29, 0.717) is 19.4 Å². The van der Waals surface area contributed by atoms with Crippen LogP contribution in [0, 0.1) is 11.8 Å². The average Bonchev–Trinajstić information content (AvgIpc) is 3.27. The summed E-state index contributed by atoms with van der Waals surface area (Å²) in [5.41, 5.74) is 4.13. The number of carbonyl (C=O) groups excluding carboxylic acids is 2. The molecule has 0 radical (unpaired) electrons. The molecule has 2 aromatic carbocycles. The second-order valence-electron chi connectivity index (χ2n) is 9.84. The number of alkyl carbamates (subject to hydrolysis) is 1. The molecule has 3 N–H and O–H groups in total. The number of carboxylic acids is 1. The van der Waals surface area contributed by atoms with Gasteiger partial charge in [-0.3, -0.25) is 9.59 Å².